The van der Waals surface area contributed by atoms with Crippen molar-refractivity contribution in [3.8, 4) is 33.6 Å². The summed E-state index contributed by atoms with van der Waals surface area (Å²) in [5.41, 5.74) is 9.55. The molecule has 0 radical (unpaired) electrons. The van der Waals surface area contributed by atoms with Gasteiger partial charge in [0.1, 0.15) is 11.6 Å². The normalized spacial score (nSPS) is 17.1. The molecule has 4 aromatic carbocycles. The lowest BCUT2D eigenvalue weighted by Crippen LogP contribution is -2.32. The molecule has 2 aliphatic heterocycles. The number of nitrogens with one attached hydrogen (secondary N) is 2. The molecule has 274 valence electrons. The van der Waals surface area contributed by atoms with Crippen LogP contribution in [-0.4, -0.2) is 73.6 Å². The molecule has 2 amide bonds. The fraction of sp³-hybridized carbons (Fsp3) is 0.289. The maximum atomic E-state index is 13.6. The molecule has 0 saturated carbocycles. The van der Waals surface area contributed by atoms with Gasteiger partial charge in [-0.2, -0.15) is 0 Å². The van der Waals surface area contributed by atoms with Crippen molar-refractivity contribution in [2.75, 3.05) is 27.2 Å². The summed E-state index contributed by atoms with van der Waals surface area (Å²) < 4.78 is 0. The highest BCUT2D eigenvalue weighted by molar-refractivity contribution is 5.80. The van der Waals surface area contributed by atoms with Gasteiger partial charge in [0.05, 0.1) is 48.7 Å². The van der Waals surface area contributed by atoms with E-state index in [0.29, 0.717) is 12.8 Å². The monoisotopic (exact) mass is 717 g/mol. The molecule has 2 aromatic heterocycles. The van der Waals surface area contributed by atoms with Gasteiger partial charge in [-0.15, -0.1) is 0 Å². The molecule has 0 aliphatic carbocycles. The number of aromatic nitrogens is 4. The highest BCUT2D eigenvalue weighted by Crippen LogP contribution is 2.35. The van der Waals surface area contributed by atoms with Crippen LogP contribution in [0.3, 0.4) is 0 Å². The molecule has 0 bridgehead atoms. The number of nitrogens with zero attached hydrogens (tertiary/aromatic N) is 5. The van der Waals surface area contributed by atoms with Crippen LogP contribution >= 0.6 is 0 Å². The molecule has 2 atom stereocenters. The van der Waals surface area contributed by atoms with Crippen molar-refractivity contribution in [2.24, 2.45) is 0 Å². The Labute approximate surface area is 317 Å². The number of amides is 2. The van der Waals surface area contributed by atoms with Crippen LogP contribution in [0.2, 0.25) is 0 Å². The molecule has 54 heavy (non-hydrogen) atoms. The summed E-state index contributed by atoms with van der Waals surface area (Å²) in [4.78, 5) is 49.4. The van der Waals surface area contributed by atoms with Crippen molar-refractivity contribution in [3.05, 3.63) is 144 Å². The first-order chi connectivity index (χ1) is 26.4. The van der Waals surface area contributed by atoms with E-state index in [1.807, 2.05) is 64.7 Å². The molecule has 2 saturated heterocycles. The average Bonchev–Trinajstić information content (AvgIpc) is 4.03. The van der Waals surface area contributed by atoms with Gasteiger partial charge in [-0.1, -0.05) is 103 Å². The summed E-state index contributed by atoms with van der Waals surface area (Å²) in [5, 5.41) is 0. The van der Waals surface area contributed by atoms with Gasteiger partial charge in [0.2, 0.25) is 11.8 Å². The van der Waals surface area contributed by atoms with E-state index in [9.17, 15) is 9.59 Å². The topological polar surface area (TPSA) is 101 Å². The third-order valence-electron chi connectivity index (χ3n) is 10.8. The van der Waals surface area contributed by atoms with E-state index in [2.05, 4.69) is 89.6 Å². The first kappa shape index (κ1) is 35.2. The fourth-order valence-electron chi connectivity index (χ4n) is 8.05. The number of benzene rings is 4. The second-order valence-electron chi connectivity index (χ2n) is 14.9. The number of aromatic amines is 2. The lowest BCUT2D eigenvalue weighted by Gasteiger charge is -2.24. The quantitative estimate of drug-likeness (QED) is 0.142. The minimum Gasteiger partial charge on any atom is -0.340 e. The van der Waals surface area contributed by atoms with Crippen LogP contribution in [0.4, 0.5) is 0 Å². The van der Waals surface area contributed by atoms with Gasteiger partial charge in [-0.3, -0.25) is 9.59 Å². The van der Waals surface area contributed by atoms with Crippen LogP contribution in [-0.2, 0) is 29.0 Å². The summed E-state index contributed by atoms with van der Waals surface area (Å²) in [7, 11) is 4.10. The molecule has 2 aliphatic rings. The number of carbonyl (C=O) groups is 2. The summed E-state index contributed by atoms with van der Waals surface area (Å²) in [6.07, 6.45) is 8.33. The van der Waals surface area contributed by atoms with Crippen molar-refractivity contribution in [2.45, 2.75) is 57.2 Å². The van der Waals surface area contributed by atoms with Gasteiger partial charge < -0.3 is 24.7 Å². The van der Waals surface area contributed by atoms with E-state index in [0.717, 1.165) is 102 Å². The van der Waals surface area contributed by atoms with Crippen LogP contribution < -0.4 is 0 Å². The number of likely N-dealkylation sites (tertiary alicyclic amines) is 2. The molecule has 8 rings (SSSR count). The van der Waals surface area contributed by atoms with Crippen LogP contribution in [0, 0.1) is 0 Å². The summed E-state index contributed by atoms with van der Waals surface area (Å²) in [5.74, 6) is 1.99. The number of hydrogen-bond acceptors (Lipinski definition) is 5. The molecule has 6 aromatic rings. The number of H-pyrrole nitrogens is 2. The highest BCUT2D eigenvalue weighted by Gasteiger charge is 2.33. The van der Waals surface area contributed by atoms with Crippen molar-refractivity contribution < 1.29 is 9.59 Å². The van der Waals surface area contributed by atoms with E-state index < -0.39 is 0 Å². The zero-order valence-corrected chi connectivity index (χ0v) is 31.0. The molecule has 2 N–H and O–H groups in total. The molecule has 0 unspecified atom stereocenters. The second-order valence-corrected chi connectivity index (χ2v) is 14.9. The molecular formula is C45H47N7O2. The fourth-order valence-corrected chi connectivity index (χ4v) is 8.05. The van der Waals surface area contributed by atoms with Crippen molar-refractivity contribution in [3.63, 3.8) is 0 Å². The largest absolute Gasteiger partial charge is 0.340 e. The molecule has 9 heteroatoms. The number of carbonyl (C=O) groups excluding carboxylic acids is 2. The van der Waals surface area contributed by atoms with Gasteiger partial charge in [0.15, 0.2) is 0 Å². The first-order valence-corrected chi connectivity index (χ1v) is 19.0. The average molecular weight is 718 g/mol. The Morgan fingerprint density at radius 3 is 1.59 bits per heavy atom. The Morgan fingerprint density at radius 2 is 1.07 bits per heavy atom. The van der Waals surface area contributed by atoms with Crippen molar-refractivity contribution >= 4 is 11.8 Å². The van der Waals surface area contributed by atoms with E-state index >= 15 is 0 Å². The summed E-state index contributed by atoms with van der Waals surface area (Å²) in [6, 6.07) is 35.1. The summed E-state index contributed by atoms with van der Waals surface area (Å²) in [6.45, 7) is 2.32. The van der Waals surface area contributed by atoms with E-state index in [4.69, 9.17) is 9.97 Å². The van der Waals surface area contributed by atoms with Gasteiger partial charge in [0.25, 0.3) is 0 Å². The zero-order chi connectivity index (χ0) is 37.0. The predicted molar refractivity (Wildman–Crippen MR) is 212 cm³/mol. The Kier molecular flexibility index (Phi) is 10.2. The first-order valence-electron chi connectivity index (χ1n) is 19.0. The van der Waals surface area contributed by atoms with E-state index in [1.54, 1.807) is 0 Å². The minimum atomic E-state index is -0.0461. The van der Waals surface area contributed by atoms with E-state index in [1.165, 1.54) is 5.56 Å². The van der Waals surface area contributed by atoms with Crippen LogP contribution in [0.25, 0.3) is 33.6 Å². The van der Waals surface area contributed by atoms with Crippen molar-refractivity contribution in [1.82, 2.24) is 34.6 Å². The van der Waals surface area contributed by atoms with E-state index in [-0.39, 0.29) is 23.9 Å². The lowest BCUT2D eigenvalue weighted by molar-refractivity contribution is -0.132. The van der Waals surface area contributed by atoms with Crippen LogP contribution in [0.15, 0.2) is 116 Å². The molecular weight excluding hydrogens is 671 g/mol. The zero-order valence-electron chi connectivity index (χ0n) is 31.0. The molecule has 2 fully saturated rings. The Hall–Kier alpha value is -5.80. The van der Waals surface area contributed by atoms with Gasteiger partial charge in [-0.25, -0.2) is 9.97 Å². The number of imidazole rings is 2. The number of hydrogen-bond donors (Lipinski definition) is 2. The third-order valence-corrected chi connectivity index (χ3v) is 10.8. The minimum absolute atomic E-state index is 0.0282. The Balaban J connectivity index is 0.903. The van der Waals surface area contributed by atoms with Crippen molar-refractivity contribution in [1.29, 1.82) is 0 Å². The predicted octanol–water partition coefficient (Wildman–Crippen LogP) is 8.01. The highest BCUT2D eigenvalue weighted by atomic mass is 16.2. The maximum Gasteiger partial charge on any atom is 0.227 e. The molecule has 9 nitrogen and oxygen atoms in total. The van der Waals surface area contributed by atoms with Gasteiger partial charge in [-0.05, 0) is 78.7 Å². The van der Waals surface area contributed by atoms with Gasteiger partial charge >= 0.3 is 0 Å². The maximum absolute atomic E-state index is 13.6. The molecule has 0 spiro atoms. The van der Waals surface area contributed by atoms with Gasteiger partial charge in [0, 0.05) is 19.6 Å². The summed E-state index contributed by atoms with van der Waals surface area (Å²) >= 11 is 0. The van der Waals surface area contributed by atoms with Crippen LogP contribution in [0.1, 0.15) is 66.1 Å². The Morgan fingerprint density at radius 1 is 0.611 bits per heavy atom. The standard InChI is InChI=1S/C45H47N7O2/c1-50(2)30-37-13-7-6-12-36(37)27-43(54)52-25-9-15-41(52)45-47-29-39(49-45)35-22-18-33(19-23-35)32-16-20-34(21-17-32)38-28-46-44(48-38)40-14-8-24-51(40)42(53)26-31-10-4-3-5-11-31/h3-7,10-13,16-23,28-29,40-41H,8-9,14-15,24-27,30H2,1-2H3,(H,46,48)(H,47,49)/t40-,41-/m0/s1. The SMILES string of the molecule is CN(C)Cc1ccccc1CC(=O)N1CCC[C@H]1c1ncc(-c2ccc(-c3ccc(-c4cnc([C@@H]5CCCN5C(=O)Cc5ccccc5)[nH]4)cc3)cc2)[nH]1. The lowest BCUT2D eigenvalue weighted by atomic mass is 10.0. The third kappa shape index (κ3) is 7.63. The number of rotatable bonds is 11. The van der Waals surface area contributed by atoms with Crippen LogP contribution in [0.5, 0.6) is 0 Å². The smallest absolute Gasteiger partial charge is 0.227 e. The molecule has 4 heterocycles. The Bertz CT molecular complexity index is 2200. The second kappa shape index (κ2) is 15.7.